The molecule has 0 aliphatic rings. The normalized spacial score (nSPS) is 11.5. The average molecular weight is 746 g/mol. The van der Waals surface area contributed by atoms with Gasteiger partial charge in [-0.05, 0) is 99.1 Å². The first-order valence-electron chi connectivity index (χ1n) is 19.3. The topological polar surface area (TPSA) is 16.4 Å². The zero-order valence-corrected chi connectivity index (χ0v) is 31.8. The summed E-state index contributed by atoms with van der Waals surface area (Å²) in [6.45, 7) is 0. The van der Waals surface area contributed by atoms with Crippen LogP contribution in [0.5, 0.6) is 0 Å². The Morgan fingerprint density at radius 2 is 0.877 bits per heavy atom. The quantitative estimate of drug-likeness (QED) is 0.162. The summed E-state index contributed by atoms with van der Waals surface area (Å²) in [6.07, 6.45) is 0. The Labute approximate surface area is 335 Å². The molecule has 2 aromatic heterocycles. The molecule has 11 rings (SSSR count). The summed E-state index contributed by atoms with van der Waals surface area (Å²) in [5.74, 6) is 0. The lowest BCUT2D eigenvalue weighted by molar-refractivity contribution is 0.669. The predicted molar refractivity (Wildman–Crippen MR) is 243 cm³/mol. The molecular weight excluding hydrogens is 711 g/mol. The maximum atomic E-state index is 6.54. The number of anilines is 3. The lowest BCUT2D eigenvalue weighted by atomic mass is 9.98. The first-order chi connectivity index (χ1) is 28.2. The molecule has 2 nitrogen and oxygen atoms in total. The van der Waals surface area contributed by atoms with Gasteiger partial charge in [-0.15, -0.1) is 11.3 Å². The first-order valence-corrected chi connectivity index (χ1v) is 20.1. The molecule has 0 amide bonds. The van der Waals surface area contributed by atoms with Gasteiger partial charge in [-0.2, -0.15) is 0 Å². The molecule has 0 aliphatic carbocycles. The number of hydrogen-bond acceptors (Lipinski definition) is 3. The molecule has 9 aromatic carbocycles. The molecule has 0 saturated carbocycles. The Morgan fingerprint density at radius 1 is 0.351 bits per heavy atom. The van der Waals surface area contributed by atoms with Crippen molar-refractivity contribution in [3.05, 3.63) is 212 Å². The summed E-state index contributed by atoms with van der Waals surface area (Å²) in [6, 6.07) is 76.3. The molecule has 11 aromatic rings. The minimum atomic E-state index is 0.873. The Hall–Kier alpha value is -7.20. The highest BCUT2D eigenvalue weighted by Gasteiger charge is 2.22. The van der Waals surface area contributed by atoms with E-state index in [4.69, 9.17) is 4.42 Å². The summed E-state index contributed by atoms with van der Waals surface area (Å²) in [5.41, 5.74) is 14.6. The summed E-state index contributed by atoms with van der Waals surface area (Å²) >= 11 is 1.88. The van der Waals surface area contributed by atoms with Gasteiger partial charge in [0.1, 0.15) is 11.2 Å². The fourth-order valence-electron chi connectivity index (χ4n) is 8.28. The number of benzene rings is 9. The minimum Gasteiger partial charge on any atom is -0.456 e. The van der Waals surface area contributed by atoms with E-state index >= 15 is 0 Å². The molecule has 0 N–H and O–H groups in total. The zero-order chi connectivity index (χ0) is 37.7. The molecular formula is C54H35NOS. The van der Waals surface area contributed by atoms with Crippen molar-refractivity contribution in [3.63, 3.8) is 0 Å². The third kappa shape index (κ3) is 5.88. The van der Waals surface area contributed by atoms with Gasteiger partial charge in [-0.25, -0.2) is 0 Å². The predicted octanol–water partition coefficient (Wildman–Crippen LogP) is 16.1. The molecule has 0 unspecified atom stereocenters. The first kappa shape index (κ1) is 33.2. The average Bonchev–Trinajstić information content (AvgIpc) is 3.86. The van der Waals surface area contributed by atoms with Crippen LogP contribution in [-0.2, 0) is 0 Å². The zero-order valence-electron chi connectivity index (χ0n) is 31.0. The van der Waals surface area contributed by atoms with Crippen LogP contribution in [0, 0.1) is 0 Å². The third-order valence-electron chi connectivity index (χ3n) is 11.1. The van der Waals surface area contributed by atoms with Gasteiger partial charge in [-0.1, -0.05) is 158 Å². The van der Waals surface area contributed by atoms with E-state index in [2.05, 4.69) is 217 Å². The molecule has 268 valence electrons. The molecule has 0 fully saturated rings. The highest BCUT2D eigenvalue weighted by Crippen LogP contribution is 2.49. The maximum absolute atomic E-state index is 6.54. The van der Waals surface area contributed by atoms with Gasteiger partial charge < -0.3 is 9.32 Å². The Bertz CT molecular complexity index is 3200. The fourth-order valence-corrected chi connectivity index (χ4v) is 9.58. The van der Waals surface area contributed by atoms with E-state index < -0.39 is 0 Å². The summed E-state index contributed by atoms with van der Waals surface area (Å²) in [4.78, 5) is 2.43. The van der Waals surface area contributed by atoms with Crippen LogP contribution in [0.15, 0.2) is 217 Å². The minimum absolute atomic E-state index is 0.873. The van der Waals surface area contributed by atoms with E-state index in [0.29, 0.717) is 0 Å². The molecule has 0 aliphatic heterocycles. The van der Waals surface area contributed by atoms with E-state index in [1.54, 1.807) is 0 Å². The van der Waals surface area contributed by atoms with Crippen molar-refractivity contribution in [2.45, 2.75) is 0 Å². The van der Waals surface area contributed by atoms with Gasteiger partial charge in [0.05, 0.1) is 5.69 Å². The molecule has 0 atom stereocenters. The van der Waals surface area contributed by atoms with Crippen LogP contribution >= 0.6 is 11.3 Å². The van der Waals surface area contributed by atoms with Crippen LogP contribution in [0.3, 0.4) is 0 Å². The highest BCUT2D eigenvalue weighted by atomic mass is 32.1. The number of hydrogen-bond donors (Lipinski definition) is 0. The van der Waals surface area contributed by atoms with Gasteiger partial charge in [0.25, 0.3) is 0 Å². The second-order valence-electron chi connectivity index (χ2n) is 14.5. The molecule has 3 heteroatoms. The summed E-state index contributed by atoms with van der Waals surface area (Å²) < 4.78 is 9.07. The third-order valence-corrected chi connectivity index (χ3v) is 12.3. The highest BCUT2D eigenvalue weighted by molar-refractivity contribution is 7.26. The molecule has 0 saturated heterocycles. The van der Waals surface area contributed by atoms with E-state index in [9.17, 15) is 0 Å². The van der Waals surface area contributed by atoms with Crippen LogP contribution < -0.4 is 4.90 Å². The lowest BCUT2D eigenvalue weighted by Gasteiger charge is -2.27. The second kappa shape index (κ2) is 13.8. The SMILES string of the molecule is c1ccc(-c2ccc(N(c3ccc4oc5cc(-c6ccccc6)ccc5c4c3)c3ccc(-c4ccccc4)c4sc5cc(-c6ccccc6)ccc5c34)cc2)cc1. The Morgan fingerprint density at radius 3 is 1.53 bits per heavy atom. The van der Waals surface area contributed by atoms with E-state index in [0.717, 1.165) is 44.6 Å². The van der Waals surface area contributed by atoms with Crippen LogP contribution in [0.25, 0.3) is 86.6 Å². The van der Waals surface area contributed by atoms with E-state index in [1.807, 2.05) is 11.3 Å². The maximum Gasteiger partial charge on any atom is 0.136 e. The standard InChI is InChI=1S/C54H35NOS/c1-5-13-36(14-6-1)39-21-25-43(26-22-39)55(44-27-32-50-48(35-44)46-28-23-41(33-51(46)56-50)37-15-7-2-8-16-37)49-31-30-45(40-19-11-4-12-20-40)54-53(49)47-29-24-42(34-52(47)57-54)38-17-9-3-10-18-38/h1-35H. The van der Waals surface area contributed by atoms with Crippen molar-refractivity contribution < 1.29 is 4.42 Å². The lowest BCUT2D eigenvalue weighted by Crippen LogP contribution is -2.10. The van der Waals surface area contributed by atoms with Crippen molar-refractivity contribution in [1.29, 1.82) is 0 Å². The molecule has 0 bridgehead atoms. The van der Waals surface area contributed by atoms with Crippen molar-refractivity contribution in [2.24, 2.45) is 0 Å². The van der Waals surface area contributed by atoms with Crippen molar-refractivity contribution in [3.8, 4) is 44.5 Å². The molecule has 0 spiro atoms. The molecule has 2 heterocycles. The van der Waals surface area contributed by atoms with Crippen molar-refractivity contribution in [2.75, 3.05) is 4.90 Å². The van der Waals surface area contributed by atoms with Crippen molar-refractivity contribution in [1.82, 2.24) is 0 Å². The van der Waals surface area contributed by atoms with E-state index in [1.165, 1.54) is 59.1 Å². The van der Waals surface area contributed by atoms with Crippen LogP contribution in [0.4, 0.5) is 17.1 Å². The van der Waals surface area contributed by atoms with Crippen LogP contribution in [-0.4, -0.2) is 0 Å². The largest absolute Gasteiger partial charge is 0.456 e. The number of thiophene rings is 1. The van der Waals surface area contributed by atoms with E-state index in [-0.39, 0.29) is 0 Å². The van der Waals surface area contributed by atoms with Gasteiger partial charge in [0.2, 0.25) is 0 Å². The number of fused-ring (bicyclic) bond motifs is 6. The number of furan rings is 1. The van der Waals surface area contributed by atoms with Gasteiger partial charge in [-0.3, -0.25) is 0 Å². The van der Waals surface area contributed by atoms with Crippen molar-refractivity contribution >= 4 is 70.5 Å². The summed E-state index contributed by atoms with van der Waals surface area (Å²) in [7, 11) is 0. The van der Waals surface area contributed by atoms with Crippen LogP contribution in [0.1, 0.15) is 0 Å². The van der Waals surface area contributed by atoms with Gasteiger partial charge >= 0.3 is 0 Å². The smallest absolute Gasteiger partial charge is 0.136 e. The van der Waals surface area contributed by atoms with Crippen LogP contribution in [0.2, 0.25) is 0 Å². The summed E-state index contributed by atoms with van der Waals surface area (Å²) in [5, 5.41) is 4.68. The number of rotatable bonds is 7. The number of nitrogens with zero attached hydrogens (tertiary/aromatic N) is 1. The van der Waals surface area contributed by atoms with Gasteiger partial charge in [0, 0.05) is 42.3 Å². The Balaban J connectivity index is 1.14. The second-order valence-corrected chi connectivity index (χ2v) is 15.5. The molecule has 0 radical (unpaired) electrons. The Kier molecular flexibility index (Phi) is 8.04. The fraction of sp³-hybridized carbons (Fsp3) is 0. The van der Waals surface area contributed by atoms with Gasteiger partial charge in [0.15, 0.2) is 0 Å². The monoisotopic (exact) mass is 745 g/mol. The molecule has 57 heavy (non-hydrogen) atoms.